The molecule has 0 aromatic rings. The molecule has 2 aliphatic heterocycles. The van der Waals surface area contributed by atoms with Crippen LogP contribution in [-0.2, 0) is 4.74 Å². The monoisotopic (exact) mass is 251 g/mol. The van der Waals surface area contributed by atoms with Crippen molar-refractivity contribution in [2.75, 3.05) is 0 Å². The molecule has 0 aromatic heterocycles. The Hall–Kier alpha value is -0.830. The van der Waals surface area contributed by atoms with E-state index in [1.54, 1.807) is 0 Å². The molecule has 0 bridgehead atoms. The molecule has 14 heavy (non-hydrogen) atoms. The van der Waals surface area contributed by atoms with Crippen LogP contribution < -0.4 is 0 Å². The lowest BCUT2D eigenvalue weighted by Gasteiger charge is -2.18. The molecule has 72 valence electrons. The zero-order valence-electron chi connectivity index (χ0n) is 7.56. The van der Waals surface area contributed by atoms with Gasteiger partial charge in [0.1, 0.15) is 11.9 Å². The predicted octanol–water partition coefficient (Wildman–Crippen LogP) is 2.78. The maximum Gasteiger partial charge on any atom is 0.124 e. The van der Waals surface area contributed by atoms with Gasteiger partial charge in [0, 0.05) is 22.5 Å². The Morgan fingerprint density at radius 2 is 2.43 bits per heavy atom. The van der Waals surface area contributed by atoms with Crippen molar-refractivity contribution in [3.8, 4) is 0 Å². The van der Waals surface area contributed by atoms with Crippen LogP contribution in [0.3, 0.4) is 0 Å². The molecule has 0 aromatic carbocycles. The van der Waals surface area contributed by atoms with Crippen LogP contribution in [0.5, 0.6) is 0 Å². The molecular formula is C11H10BrNO. The van der Waals surface area contributed by atoms with Gasteiger partial charge in [-0.05, 0) is 18.6 Å². The summed E-state index contributed by atoms with van der Waals surface area (Å²) in [6.45, 7) is 0. The summed E-state index contributed by atoms with van der Waals surface area (Å²) in [6.07, 6.45) is 11.5. The molecule has 1 fully saturated rings. The van der Waals surface area contributed by atoms with E-state index in [-0.39, 0.29) is 6.10 Å². The van der Waals surface area contributed by atoms with Crippen LogP contribution in [0, 0.1) is 11.8 Å². The molecule has 0 radical (unpaired) electrons. The minimum atomic E-state index is 0.217. The Labute approximate surface area is 91.2 Å². The summed E-state index contributed by atoms with van der Waals surface area (Å²) in [7, 11) is 0. The van der Waals surface area contributed by atoms with E-state index in [0.29, 0.717) is 11.8 Å². The van der Waals surface area contributed by atoms with Crippen molar-refractivity contribution in [3.05, 3.63) is 34.7 Å². The molecule has 0 N–H and O–H groups in total. The second-order valence-electron chi connectivity index (χ2n) is 3.78. The van der Waals surface area contributed by atoms with E-state index in [4.69, 9.17) is 4.74 Å². The summed E-state index contributed by atoms with van der Waals surface area (Å²) < 4.78 is 6.97. The van der Waals surface area contributed by atoms with Crippen LogP contribution >= 0.6 is 15.9 Å². The summed E-state index contributed by atoms with van der Waals surface area (Å²) in [5.74, 6) is 2.02. The summed E-state index contributed by atoms with van der Waals surface area (Å²) >= 11 is 3.51. The van der Waals surface area contributed by atoms with Gasteiger partial charge in [0.15, 0.2) is 0 Å². The number of nitrogens with zero attached hydrogens (tertiary/aromatic N) is 1. The normalized spacial score (nSPS) is 38.2. The minimum Gasteiger partial charge on any atom is -0.488 e. The Morgan fingerprint density at radius 1 is 1.50 bits per heavy atom. The van der Waals surface area contributed by atoms with Gasteiger partial charge in [0.2, 0.25) is 0 Å². The lowest BCUT2D eigenvalue weighted by molar-refractivity contribution is 0.184. The van der Waals surface area contributed by atoms with Crippen LogP contribution in [0.1, 0.15) is 6.42 Å². The SMILES string of the molecule is BrC1=CC2C(C=C1)OC1=CN=CCC12. The first-order valence-corrected chi connectivity index (χ1v) is 5.58. The standard InChI is InChI=1S/C11H10BrNO/c12-7-1-2-10-9(5-7)8-3-4-13-6-11(8)14-10/h1-2,4-6,8-10H,3H2. The van der Waals surface area contributed by atoms with E-state index in [9.17, 15) is 0 Å². The van der Waals surface area contributed by atoms with Gasteiger partial charge in [-0.3, -0.25) is 4.99 Å². The van der Waals surface area contributed by atoms with Crippen LogP contribution in [0.4, 0.5) is 0 Å². The average Bonchev–Trinajstić information content (AvgIpc) is 2.56. The molecule has 1 aliphatic carbocycles. The van der Waals surface area contributed by atoms with Crippen molar-refractivity contribution in [2.45, 2.75) is 12.5 Å². The van der Waals surface area contributed by atoms with Gasteiger partial charge in [0.05, 0.1) is 6.20 Å². The highest BCUT2D eigenvalue weighted by Gasteiger charge is 2.40. The molecule has 2 nitrogen and oxygen atoms in total. The number of aliphatic imine (C=N–C) groups is 1. The molecule has 0 saturated carbocycles. The first kappa shape index (κ1) is 8.48. The Kier molecular flexibility index (Phi) is 1.87. The first-order chi connectivity index (χ1) is 6.84. The minimum absolute atomic E-state index is 0.217. The van der Waals surface area contributed by atoms with Gasteiger partial charge in [-0.1, -0.05) is 22.0 Å². The molecule has 0 spiro atoms. The molecule has 1 saturated heterocycles. The van der Waals surface area contributed by atoms with Crippen molar-refractivity contribution in [2.24, 2.45) is 16.8 Å². The number of hydrogen-bond donors (Lipinski definition) is 0. The molecular weight excluding hydrogens is 242 g/mol. The number of rotatable bonds is 0. The lowest BCUT2D eigenvalue weighted by atomic mass is 9.84. The number of allylic oxidation sites excluding steroid dienone is 3. The summed E-state index contributed by atoms with van der Waals surface area (Å²) in [4.78, 5) is 4.13. The second-order valence-corrected chi connectivity index (χ2v) is 4.69. The zero-order chi connectivity index (χ0) is 9.54. The largest absolute Gasteiger partial charge is 0.488 e. The van der Waals surface area contributed by atoms with Crippen molar-refractivity contribution in [1.82, 2.24) is 0 Å². The van der Waals surface area contributed by atoms with Crippen LogP contribution in [-0.4, -0.2) is 12.3 Å². The van der Waals surface area contributed by atoms with Gasteiger partial charge in [-0.2, -0.15) is 0 Å². The quantitative estimate of drug-likeness (QED) is 0.649. The Morgan fingerprint density at radius 3 is 3.36 bits per heavy atom. The topological polar surface area (TPSA) is 21.6 Å². The van der Waals surface area contributed by atoms with E-state index >= 15 is 0 Å². The highest BCUT2D eigenvalue weighted by Crippen LogP contribution is 2.43. The summed E-state index contributed by atoms with van der Waals surface area (Å²) in [6, 6.07) is 0. The maximum atomic E-state index is 5.81. The Bertz CT molecular complexity index is 381. The molecule has 3 aliphatic rings. The predicted molar refractivity (Wildman–Crippen MR) is 59.2 cm³/mol. The smallest absolute Gasteiger partial charge is 0.124 e. The molecule has 3 unspecified atom stereocenters. The van der Waals surface area contributed by atoms with Crippen LogP contribution in [0.15, 0.2) is 39.7 Å². The highest BCUT2D eigenvalue weighted by molar-refractivity contribution is 9.11. The highest BCUT2D eigenvalue weighted by atomic mass is 79.9. The molecule has 0 amide bonds. The Balaban J connectivity index is 1.96. The number of hydrogen-bond acceptors (Lipinski definition) is 2. The third-order valence-corrected chi connectivity index (χ3v) is 3.47. The number of halogens is 1. The molecule has 2 heterocycles. The fraction of sp³-hybridized carbons (Fsp3) is 0.364. The van der Waals surface area contributed by atoms with Crippen LogP contribution in [0.25, 0.3) is 0 Å². The average molecular weight is 252 g/mol. The number of fused-ring (bicyclic) bond motifs is 3. The van der Waals surface area contributed by atoms with E-state index in [0.717, 1.165) is 16.7 Å². The van der Waals surface area contributed by atoms with Crippen molar-refractivity contribution < 1.29 is 4.74 Å². The third kappa shape index (κ3) is 1.19. The van der Waals surface area contributed by atoms with Gasteiger partial charge < -0.3 is 4.74 Å². The molecule has 3 rings (SSSR count). The van der Waals surface area contributed by atoms with Crippen molar-refractivity contribution in [3.63, 3.8) is 0 Å². The number of ether oxygens (including phenoxy) is 1. The van der Waals surface area contributed by atoms with Crippen molar-refractivity contribution >= 4 is 22.1 Å². The third-order valence-electron chi connectivity index (χ3n) is 2.94. The van der Waals surface area contributed by atoms with E-state index in [2.05, 4.69) is 39.2 Å². The fourth-order valence-corrected chi connectivity index (χ4v) is 2.70. The van der Waals surface area contributed by atoms with Crippen LogP contribution in [0.2, 0.25) is 0 Å². The molecule has 3 heteroatoms. The summed E-state index contributed by atoms with van der Waals surface area (Å²) in [5.41, 5.74) is 0. The van der Waals surface area contributed by atoms with Gasteiger partial charge in [0.25, 0.3) is 0 Å². The lowest BCUT2D eigenvalue weighted by Crippen LogP contribution is -2.19. The zero-order valence-corrected chi connectivity index (χ0v) is 9.15. The fourth-order valence-electron chi connectivity index (χ4n) is 2.25. The van der Waals surface area contributed by atoms with Gasteiger partial charge in [-0.15, -0.1) is 0 Å². The first-order valence-electron chi connectivity index (χ1n) is 4.78. The molecule has 3 atom stereocenters. The van der Waals surface area contributed by atoms with E-state index in [1.165, 1.54) is 0 Å². The van der Waals surface area contributed by atoms with E-state index in [1.807, 2.05) is 12.4 Å². The second kappa shape index (κ2) is 3.09. The maximum absolute atomic E-state index is 5.81. The van der Waals surface area contributed by atoms with Gasteiger partial charge >= 0.3 is 0 Å². The van der Waals surface area contributed by atoms with Crippen molar-refractivity contribution in [1.29, 1.82) is 0 Å². The van der Waals surface area contributed by atoms with Gasteiger partial charge in [-0.25, -0.2) is 0 Å². The summed E-state index contributed by atoms with van der Waals surface area (Å²) in [5, 5.41) is 0. The van der Waals surface area contributed by atoms with E-state index < -0.39 is 0 Å².